The fraction of sp³-hybridized carbons (Fsp3) is 0. The zero-order valence-electron chi connectivity index (χ0n) is 27.5. The van der Waals surface area contributed by atoms with Gasteiger partial charge in [0.05, 0.1) is 0 Å². The van der Waals surface area contributed by atoms with Gasteiger partial charge in [-0.3, -0.25) is 0 Å². The highest BCUT2D eigenvalue weighted by molar-refractivity contribution is 6.24. The van der Waals surface area contributed by atoms with Crippen LogP contribution >= 0.6 is 0 Å². The SMILES string of the molecule is c1ccc(-c2ccc3c(-c4ccccc4-c4cc5ccccc5c5ccccc45)c4ccccc4c(-c4ccc5ccccc5c4)c3c2)cc1. The Morgan fingerprint density at radius 2 is 0.760 bits per heavy atom. The lowest BCUT2D eigenvalue weighted by Crippen LogP contribution is -1.94. The van der Waals surface area contributed by atoms with Gasteiger partial charge in [-0.05, 0) is 117 Å². The van der Waals surface area contributed by atoms with E-state index in [9.17, 15) is 0 Å². The molecule has 10 aromatic carbocycles. The summed E-state index contributed by atoms with van der Waals surface area (Å²) in [6.45, 7) is 0. The molecule has 0 heteroatoms. The van der Waals surface area contributed by atoms with Crippen LogP contribution in [-0.2, 0) is 0 Å². The van der Waals surface area contributed by atoms with Crippen LogP contribution in [0.3, 0.4) is 0 Å². The van der Waals surface area contributed by atoms with E-state index in [-0.39, 0.29) is 0 Å². The minimum absolute atomic E-state index is 1.22. The quantitative estimate of drug-likeness (QED) is 0.134. The Hall–Kier alpha value is -6.50. The molecule has 0 aromatic heterocycles. The van der Waals surface area contributed by atoms with E-state index in [1.165, 1.54) is 98.4 Å². The first-order chi connectivity index (χ1) is 24.8. The summed E-state index contributed by atoms with van der Waals surface area (Å²) in [5.74, 6) is 0. The molecule has 0 spiro atoms. The predicted octanol–water partition coefficient (Wildman–Crippen LogP) is 14.1. The maximum atomic E-state index is 2.42. The van der Waals surface area contributed by atoms with Crippen molar-refractivity contribution in [3.63, 3.8) is 0 Å². The smallest absolute Gasteiger partial charge is 0.00201 e. The third-order valence-corrected chi connectivity index (χ3v) is 10.4. The van der Waals surface area contributed by atoms with Gasteiger partial charge < -0.3 is 0 Å². The van der Waals surface area contributed by atoms with E-state index in [0.29, 0.717) is 0 Å². The van der Waals surface area contributed by atoms with Gasteiger partial charge in [-0.25, -0.2) is 0 Å². The number of rotatable bonds is 4. The molecule has 0 nitrogen and oxygen atoms in total. The Kier molecular flexibility index (Phi) is 6.60. The van der Waals surface area contributed by atoms with Gasteiger partial charge in [0.25, 0.3) is 0 Å². The molecule has 10 rings (SSSR count). The van der Waals surface area contributed by atoms with E-state index in [0.717, 1.165) is 0 Å². The van der Waals surface area contributed by atoms with Gasteiger partial charge in [-0.1, -0.05) is 176 Å². The number of benzene rings is 10. The van der Waals surface area contributed by atoms with E-state index in [1.807, 2.05) is 0 Å². The van der Waals surface area contributed by atoms with Crippen molar-refractivity contribution in [3.8, 4) is 44.5 Å². The molecule has 0 aliphatic carbocycles. The van der Waals surface area contributed by atoms with Crippen LogP contribution < -0.4 is 0 Å². The van der Waals surface area contributed by atoms with Gasteiger partial charge >= 0.3 is 0 Å². The van der Waals surface area contributed by atoms with Crippen molar-refractivity contribution in [3.05, 3.63) is 194 Å². The average molecular weight is 633 g/mol. The van der Waals surface area contributed by atoms with Gasteiger partial charge in [-0.15, -0.1) is 0 Å². The van der Waals surface area contributed by atoms with Crippen LogP contribution in [0.2, 0.25) is 0 Å². The van der Waals surface area contributed by atoms with Crippen molar-refractivity contribution in [1.82, 2.24) is 0 Å². The fourth-order valence-electron chi connectivity index (χ4n) is 8.15. The molecule has 10 aromatic rings. The third kappa shape index (κ3) is 4.54. The van der Waals surface area contributed by atoms with Crippen molar-refractivity contribution in [2.45, 2.75) is 0 Å². The van der Waals surface area contributed by atoms with Gasteiger partial charge in [0.2, 0.25) is 0 Å². The van der Waals surface area contributed by atoms with Crippen LogP contribution in [0.25, 0.3) is 98.4 Å². The Bertz CT molecular complexity index is 2910. The average Bonchev–Trinajstić information content (AvgIpc) is 3.19. The van der Waals surface area contributed by atoms with Gasteiger partial charge in [-0.2, -0.15) is 0 Å². The standard InChI is InChI=1S/C50H32/c1-2-14-33(15-3-1)36-28-29-46-48(31-36)49(38-27-26-34-16-4-5-17-35(34)30-38)44-24-12-13-25-45(44)50(46)43-23-11-10-22-42(43)47-32-37-18-6-7-19-39(37)40-20-8-9-21-41(40)47/h1-32H. The highest BCUT2D eigenvalue weighted by Gasteiger charge is 2.21. The van der Waals surface area contributed by atoms with Crippen molar-refractivity contribution in [2.75, 3.05) is 0 Å². The van der Waals surface area contributed by atoms with E-state index in [2.05, 4.69) is 194 Å². The van der Waals surface area contributed by atoms with Crippen molar-refractivity contribution < 1.29 is 0 Å². The molecule has 0 radical (unpaired) electrons. The molecule has 0 atom stereocenters. The zero-order chi connectivity index (χ0) is 33.0. The summed E-state index contributed by atoms with van der Waals surface area (Å²) in [5.41, 5.74) is 9.95. The Balaban J connectivity index is 1.33. The third-order valence-electron chi connectivity index (χ3n) is 10.4. The minimum atomic E-state index is 1.22. The Labute approximate surface area is 291 Å². The topological polar surface area (TPSA) is 0 Å². The molecular formula is C50H32. The summed E-state index contributed by atoms with van der Waals surface area (Å²) in [6.07, 6.45) is 0. The van der Waals surface area contributed by atoms with Gasteiger partial charge in [0.1, 0.15) is 0 Å². The second kappa shape index (κ2) is 11.6. The Morgan fingerprint density at radius 3 is 1.56 bits per heavy atom. The molecule has 0 aliphatic heterocycles. The second-order valence-electron chi connectivity index (χ2n) is 13.2. The maximum absolute atomic E-state index is 2.42. The summed E-state index contributed by atoms with van der Waals surface area (Å²) in [7, 11) is 0. The summed E-state index contributed by atoms with van der Waals surface area (Å²) < 4.78 is 0. The molecule has 0 N–H and O–H groups in total. The molecule has 0 bridgehead atoms. The lowest BCUT2D eigenvalue weighted by molar-refractivity contribution is 1.62. The van der Waals surface area contributed by atoms with Crippen molar-refractivity contribution in [2.24, 2.45) is 0 Å². The van der Waals surface area contributed by atoms with Crippen LogP contribution in [0.5, 0.6) is 0 Å². The predicted molar refractivity (Wildman–Crippen MR) is 216 cm³/mol. The van der Waals surface area contributed by atoms with Crippen molar-refractivity contribution in [1.29, 1.82) is 0 Å². The summed E-state index contributed by atoms with van der Waals surface area (Å²) in [5, 5.41) is 12.6. The Morgan fingerprint density at radius 1 is 0.200 bits per heavy atom. The molecular weight excluding hydrogens is 601 g/mol. The van der Waals surface area contributed by atoms with Crippen LogP contribution in [-0.4, -0.2) is 0 Å². The molecule has 0 saturated heterocycles. The monoisotopic (exact) mass is 632 g/mol. The number of fused-ring (bicyclic) bond motifs is 6. The molecule has 50 heavy (non-hydrogen) atoms. The molecule has 0 aliphatic rings. The fourth-order valence-corrected chi connectivity index (χ4v) is 8.15. The van der Waals surface area contributed by atoms with E-state index in [4.69, 9.17) is 0 Å². The first kappa shape index (κ1) is 28.5. The van der Waals surface area contributed by atoms with E-state index in [1.54, 1.807) is 0 Å². The minimum Gasteiger partial charge on any atom is -0.0622 e. The molecule has 0 unspecified atom stereocenters. The highest BCUT2D eigenvalue weighted by atomic mass is 14.2. The van der Waals surface area contributed by atoms with E-state index >= 15 is 0 Å². The second-order valence-corrected chi connectivity index (χ2v) is 13.2. The van der Waals surface area contributed by atoms with Crippen LogP contribution in [0.1, 0.15) is 0 Å². The number of hydrogen-bond donors (Lipinski definition) is 0. The normalized spacial score (nSPS) is 11.6. The molecule has 0 heterocycles. The summed E-state index contributed by atoms with van der Waals surface area (Å²) in [4.78, 5) is 0. The first-order valence-corrected chi connectivity index (χ1v) is 17.4. The van der Waals surface area contributed by atoms with Crippen molar-refractivity contribution >= 4 is 53.9 Å². The summed E-state index contributed by atoms with van der Waals surface area (Å²) in [6, 6.07) is 71.4. The largest absolute Gasteiger partial charge is 0.0622 e. The summed E-state index contributed by atoms with van der Waals surface area (Å²) >= 11 is 0. The molecule has 0 saturated carbocycles. The maximum Gasteiger partial charge on any atom is -0.00201 e. The molecule has 232 valence electrons. The van der Waals surface area contributed by atoms with Crippen LogP contribution in [0, 0.1) is 0 Å². The van der Waals surface area contributed by atoms with Crippen LogP contribution in [0.15, 0.2) is 194 Å². The lowest BCUT2D eigenvalue weighted by atomic mass is 9.82. The highest BCUT2D eigenvalue weighted by Crippen LogP contribution is 2.48. The zero-order valence-corrected chi connectivity index (χ0v) is 27.5. The van der Waals surface area contributed by atoms with E-state index < -0.39 is 0 Å². The first-order valence-electron chi connectivity index (χ1n) is 17.4. The van der Waals surface area contributed by atoms with Gasteiger partial charge in [0, 0.05) is 0 Å². The van der Waals surface area contributed by atoms with Crippen LogP contribution in [0.4, 0.5) is 0 Å². The number of hydrogen-bond acceptors (Lipinski definition) is 0. The lowest BCUT2D eigenvalue weighted by Gasteiger charge is -2.21. The van der Waals surface area contributed by atoms with Gasteiger partial charge in [0.15, 0.2) is 0 Å². The molecule has 0 amide bonds. The molecule has 0 fully saturated rings.